The van der Waals surface area contributed by atoms with Crippen molar-refractivity contribution in [1.29, 1.82) is 0 Å². The number of fused-ring (bicyclic) bond motifs is 1. The van der Waals surface area contributed by atoms with Crippen molar-refractivity contribution in [1.82, 2.24) is 24.1 Å². The molecule has 6 rings (SSSR count). The number of benzene rings is 2. The van der Waals surface area contributed by atoms with Gasteiger partial charge in [-0.05, 0) is 48.7 Å². The standard InChI is InChI=1S/C32H32F3N7O5/c1-21-27(39-13-15-40(16-14-39)31(45)47-20-22-5-3-2-4-6-22)29(44)42-30(37-28(38-42)23-11-17-46-18-12-23)41(21)19-26(43)36-25-9-7-24(8-10-25)32(33,34)35/h2-11H,12-20H2,1H3,(H,36,43). The van der Waals surface area contributed by atoms with E-state index < -0.39 is 29.3 Å². The molecule has 2 aliphatic rings. The molecule has 2 aliphatic heterocycles. The number of alkyl halides is 3. The number of carbonyl (C=O) groups is 2. The molecular formula is C32H32F3N7O5. The summed E-state index contributed by atoms with van der Waals surface area (Å²) in [5.74, 6) is -0.0562. The van der Waals surface area contributed by atoms with Gasteiger partial charge in [-0.2, -0.15) is 22.7 Å². The molecule has 1 fully saturated rings. The Balaban J connectivity index is 1.25. The highest BCUT2D eigenvalue weighted by Gasteiger charge is 2.31. The zero-order valence-electron chi connectivity index (χ0n) is 25.5. The number of halogens is 3. The summed E-state index contributed by atoms with van der Waals surface area (Å²) in [4.78, 5) is 48.0. The maximum atomic E-state index is 13.9. The van der Waals surface area contributed by atoms with Gasteiger partial charge in [0.25, 0.3) is 5.56 Å². The fraction of sp³-hybridized carbons (Fsp3) is 0.344. The molecule has 0 aliphatic carbocycles. The van der Waals surface area contributed by atoms with Crippen molar-refractivity contribution in [2.45, 2.75) is 32.7 Å². The van der Waals surface area contributed by atoms with E-state index >= 15 is 0 Å². The minimum absolute atomic E-state index is 0.143. The van der Waals surface area contributed by atoms with Gasteiger partial charge in [0, 0.05) is 37.6 Å². The quantitative estimate of drug-likeness (QED) is 0.317. The van der Waals surface area contributed by atoms with Crippen LogP contribution < -0.4 is 15.8 Å². The monoisotopic (exact) mass is 651 g/mol. The summed E-state index contributed by atoms with van der Waals surface area (Å²) >= 11 is 0. The summed E-state index contributed by atoms with van der Waals surface area (Å²) in [5, 5.41) is 7.14. The van der Waals surface area contributed by atoms with Gasteiger partial charge in [-0.1, -0.05) is 36.4 Å². The first-order valence-electron chi connectivity index (χ1n) is 15.0. The zero-order valence-corrected chi connectivity index (χ0v) is 25.5. The lowest BCUT2D eigenvalue weighted by atomic mass is 10.1. The Morgan fingerprint density at radius 3 is 2.40 bits per heavy atom. The van der Waals surface area contributed by atoms with Crippen LogP contribution in [0.25, 0.3) is 11.4 Å². The van der Waals surface area contributed by atoms with E-state index in [-0.39, 0.29) is 24.6 Å². The number of piperazine rings is 1. The molecule has 47 heavy (non-hydrogen) atoms. The third-order valence-electron chi connectivity index (χ3n) is 8.08. The molecule has 4 aromatic rings. The Bertz CT molecular complexity index is 1860. The lowest BCUT2D eigenvalue weighted by Gasteiger charge is -2.36. The third-order valence-corrected chi connectivity index (χ3v) is 8.08. The van der Waals surface area contributed by atoms with Crippen LogP contribution in [0.2, 0.25) is 0 Å². The molecule has 0 radical (unpaired) electrons. The van der Waals surface area contributed by atoms with E-state index in [1.807, 2.05) is 41.3 Å². The minimum Gasteiger partial charge on any atom is -0.445 e. The Morgan fingerprint density at radius 2 is 1.74 bits per heavy atom. The first-order chi connectivity index (χ1) is 22.6. The Labute approximate surface area is 267 Å². The maximum Gasteiger partial charge on any atom is 0.416 e. The van der Waals surface area contributed by atoms with Gasteiger partial charge in [-0.3, -0.25) is 9.59 Å². The number of aromatic nitrogens is 4. The number of hydrogen-bond donors (Lipinski definition) is 1. The van der Waals surface area contributed by atoms with Crippen LogP contribution in [-0.2, 0) is 33.6 Å². The smallest absolute Gasteiger partial charge is 0.416 e. The van der Waals surface area contributed by atoms with E-state index in [0.717, 1.165) is 23.3 Å². The van der Waals surface area contributed by atoms with Crippen molar-refractivity contribution in [3.05, 3.63) is 93.7 Å². The SMILES string of the molecule is Cc1c(N2CCN(C(=O)OCc3ccccc3)CC2)c(=O)n2nc(C3=CCOCC3)nc2n1CC(=O)Nc1ccc(C(F)(F)F)cc1. The molecule has 1 saturated heterocycles. The molecule has 0 unspecified atom stereocenters. The second-order valence-corrected chi connectivity index (χ2v) is 11.2. The number of rotatable bonds is 7. The second kappa shape index (κ2) is 13.3. The van der Waals surface area contributed by atoms with E-state index in [0.29, 0.717) is 63.0 Å². The highest BCUT2D eigenvalue weighted by Crippen LogP contribution is 2.30. The number of nitrogens with zero attached hydrogens (tertiary/aromatic N) is 6. The van der Waals surface area contributed by atoms with Gasteiger partial charge >= 0.3 is 12.3 Å². The minimum atomic E-state index is -4.50. The van der Waals surface area contributed by atoms with Crippen molar-refractivity contribution in [2.24, 2.45) is 0 Å². The van der Waals surface area contributed by atoms with Crippen LogP contribution in [-0.4, -0.2) is 75.5 Å². The normalized spacial score (nSPS) is 15.4. The van der Waals surface area contributed by atoms with Crippen molar-refractivity contribution in [2.75, 3.05) is 49.6 Å². The highest BCUT2D eigenvalue weighted by molar-refractivity contribution is 5.91. The van der Waals surface area contributed by atoms with Crippen LogP contribution in [0, 0.1) is 6.92 Å². The van der Waals surface area contributed by atoms with Gasteiger partial charge in [0.2, 0.25) is 11.7 Å². The van der Waals surface area contributed by atoms with E-state index in [2.05, 4.69) is 15.4 Å². The molecule has 15 heteroatoms. The Hall–Kier alpha value is -5.18. The van der Waals surface area contributed by atoms with Gasteiger partial charge in [0.15, 0.2) is 5.82 Å². The molecule has 12 nitrogen and oxygen atoms in total. The van der Waals surface area contributed by atoms with Crippen molar-refractivity contribution in [3.63, 3.8) is 0 Å². The summed E-state index contributed by atoms with van der Waals surface area (Å²) in [6.45, 7) is 3.65. The molecule has 4 heterocycles. The molecular weight excluding hydrogens is 619 g/mol. The summed E-state index contributed by atoms with van der Waals surface area (Å²) in [6, 6.07) is 13.5. The van der Waals surface area contributed by atoms with Crippen molar-refractivity contribution < 1.29 is 32.2 Å². The van der Waals surface area contributed by atoms with Gasteiger partial charge in [0.05, 0.1) is 18.8 Å². The summed E-state index contributed by atoms with van der Waals surface area (Å²) in [7, 11) is 0. The summed E-state index contributed by atoms with van der Waals surface area (Å²) in [5.41, 5.74) is 1.35. The summed E-state index contributed by atoms with van der Waals surface area (Å²) in [6.07, 6.45) is -2.57. The average Bonchev–Trinajstić information content (AvgIpc) is 3.53. The van der Waals surface area contributed by atoms with E-state index in [1.54, 1.807) is 16.4 Å². The van der Waals surface area contributed by atoms with Crippen LogP contribution >= 0.6 is 0 Å². The predicted octanol–water partition coefficient (Wildman–Crippen LogP) is 4.12. The topological polar surface area (TPSA) is 123 Å². The van der Waals surface area contributed by atoms with Crippen molar-refractivity contribution in [3.8, 4) is 0 Å². The first-order valence-corrected chi connectivity index (χ1v) is 15.0. The van der Waals surface area contributed by atoms with Gasteiger partial charge < -0.3 is 29.2 Å². The van der Waals surface area contributed by atoms with Crippen molar-refractivity contribution >= 4 is 34.7 Å². The number of hydrogen-bond acceptors (Lipinski definition) is 8. The van der Waals surface area contributed by atoms with Crippen LogP contribution in [0.3, 0.4) is 0 Å². The predicted molar refractivity (Wildman–Crippen MR) is 166 cm³/mol. The van der Waals surface area contributed by atoms with Crippen LogP contribution in [0.15, 0.2) is 65.5 Å². The molecule has 0 bridgehead atoms. The number of ether oxygens (including phenoxy) is 2. The Morgan fingerprint density at radius 1 is 1.02 bits per heavy atom. The number of nitrogens with one attached hydrogen (secondary N) is 1. The highest BCUT2D eigenvalue weighted by atomic mass is 19.4. The molecule has 2 aromatic carbocycles. The van der Waals surface area contributed by atoms with Crippen LogP contribution in [0.4, 0.5) is 29.3 Å². The lowest BCUT2D eigenvalue weighted by Crippen LogP contribution is -2.50. The van der Waals surface area contributed by atoms with E-state index in [1.165, 1.54) is 16.6 Å². The van der Waals surface area contributed by atoms with Gasteiger partial charge in [-0.25, -0.2) is 4.79 Å². The molecule has 2 amide bonds. The zero-order chi connectivity index (χ0) is 33.1. The molecule has 0 spiro atoms. The van der Waals surface area contributed by atoms with Gasteiger partial charge in [0.1, 0.15) is 18.8 Å². The average molecular weight is 652 g/mol. The largest absolute Gasteiger partial charge is 0.445 e. The first kappa shape index (κ1) is 31.8. The molecule has 2 aromatic heterocycles. The van der Waals surface area contributed by atoms with E-state index in [9.17, 15) is 27.6 Å². The maximum absolute atomic E-state index is 13.9. The number of carbonyl (C=O) groups excluding carboxylic acids is 2. The number of amides is 2. The van der Waals surface area contributed by atoms with Crippen LogP contribution in [0.5, 0.6) is 0 Å². The number of anilines is 2. The Kier molecular flexibility index (Phi) is 8.98. The molecule has 0 atom stereocenters. The molecule has 0 saturated carbocycles. The fourth-order valence-corrected chi connectivity index (χ4v) is 5.58. The fourth-order valence-electron chi connectivity index (χ4n) is 5.58. The molecule has 246 valence electrons. The summed E-state index contributed by atoms with van der Waals surface area (Å²) < 4.78 is 52.6. The van der Waals surface area contributed by atoms with E-state index in [4.69, 9.17) is 9.47 Å². The van der Waals surface area contributed by atoms with Gasteiger partial charge in [-0.15, -0.1) is 5.10 Å². The lowest BCUT2D eigenvalue weighted by molar-refractivity contribution is -0.137. The molecule has 1 N–H and O–H groups in total. The van der Waals surface area contributed by atoms with Crippen LogP contribution in [0.1, 0.15) is 29.1 Å². The third kappa shape index (κ3) is 6.99. The second-order valence-electron chi connectivity index (χ2n) is 11.2.